The highest BCUT2D eigenvalue weighted by Crippen LogP contribution is 2.25. The lowest BCUT2D eigenvalue weighted by atomic mass is 10.1. The first-order chi connectivity index (χ1) is 14.7. The molecule has 0 aliphatic carbocycles. The van der Waals surface area contributed by atoms with Crippen molar-refractivity contribution in [2.75, 3.05) is 0 Å². The van der Waals surface area contributed by atoms with Crippen LogP contribution in [0.1, 0.15) is 37.0 Å². The molecular formula is C21H20N4O5S. The van der Waals surface area contributed by atoms with Gasteiger partial charge in [0.2, 0.25) is 5.89 Å². The number of aliphatic imine (C=N–C) groups is 1. The number of hydrogen-bond acceptors (Lipinski definition) is 8. The van der Waals surface area contributed by atoms with Crippen molar-refractivity contribution in [1.82, 2.24) is 14.9 Å². The Kier molecular flexibility index (Phi) is 5.32. The van der Waals surface area contributed by atoms with Crippen LogP contribution < -0.4 is 4.72 Å². The largest absolute Gasteiger partial charge is 0.451 e. The Labute approximate surface area is 179 Å². The molecule has 10 heteroatoms. The molecule has 1 N–H and O–H groups in total. The molecule has 4 rings (SSSR count). The molecule has 0 amide bonds. The van der Waals surface area contributed by atoms with Gasteiger partial charge in [-0.1, -0.05) is 29.8 Å². The third-order valence-corrected chi connectivity index (χ3v) is 6.10. The predicted octanol–water partition coefficient (Wildman–Crippen LogP) is 2.78. The Morgan fingerprint density at radius 1 is 1.10 bits per heavy atom. The second-order valence-electron chi connectivity index (χ2n) is 7.15. The number of hydrogen-bond donors (Lipinski definition) is 1. The van der Waals surface area contributed by atoms with Crippen molar-refractivity contribution in [3.8, 4) is 11.5 Å². The first kappa shape index (κ1) is 20.7. The number of amidine groups is 1. The molecule has 0 saturated carbocycles. The molecule has 0 radical (unpaired) electrons. The number of carbonyl (C=O) groups excluding carboxylic acids is 1. The Hall–Kier alpha value is -3.53. The van der Waals surface area contributed by atoms with Gasteiger partial charge < -0.3 is 9.15 Å². The molecule has 0 fully saturated rings. The minimum atomic E-state index is -3.68. The first-order valence-electron chi connectivity index (χ1n) is 9.55. The van der Waals surface area contributed by atoms with Crippen LogP contribution in [0.2, 0.25) is 0 Å². The molecule has 0 saturated heterocycles. The molecule has 2 aromatic carbocycles. The fraction of sp³-hybridized carbons (Fsp3) is 0.238. The van der Waals surface area contributed by atoms with E-state index in [1.807, 2.05) is 31.2 Å². The molecule has 3 aromatic rings. The third-order valence-electron chi connectivity index (χ3n) is 4.71. The third kappa shape index (κ3) is 4.19. The quantitative estimate of drug-likeness (QED) is 0.605. The standard InChI is InChI=1S/C21H20N4O5S/c1-12-8-10-15(11-9-12)20-24-23-19(30-20)14(3)29-21(26)13(2)22-18-16-6-4-5-7-17(16)31(27,28)25-18/h4-11,13-14H,1-3H3,(H,22,25)/t13-,14?/m0/s1. The van der Waals surface area contributed by atoms with E-state index in [-0.39, 0.29) is 16.6 Å². The molecule has 1 unspecified atom stereocenters. The minimum Gasteiger partial charge on any atom is -0.451 e. The molecule has 1 aliphatic heterocycles. The van der Waals surface area contributed by atoms with Crippen LogP contribution in [-0.2, 0) is 19.6 Å². The average molecular weight is 440 g/mol. The summed E-state index contributed by atoms with van der Waals surface area (Å²) in [5.41, 5.74) is 2.28. The van der Waals surface area contributed by atoms with Crippen molar-refractivity contribution in [2.24, 2.45) is 4.99 Å². The number of ether oxygens (including phenoxy) is 1. The summed E-state index contributed by atoms with van der Waals surface area (Å²) in [6.07, 6.45) is -0.797. The van der Waals surface area contributed by atoms with E-state index < -0.39 is 28.1 Å². The number of aryl methyl sites for hydroxylation is 1. The first-order valence-corrected chi connectivity index (χ1v) is 11.0. The van der Waals surface area contributed by atoms with Crippen LogP contribution in [0, 0.1) is 6.92 Å². The summed E-state index contributed by atoms with van der Waals surface area (Å²) < 4.78 is 37.8. The molecule has 2 atom stereocenters. The maximum absolute atomic E-state index is 12.5. The molecule has 1 aliphatic rings. The van der Waals surface area contributed by atoms with Gasteiger partial charge >= 0.3 is 5.97 Å². The summed E-state index contributed by atoms with van der Waals surface area (Å²) in [4.78, 5) is 16.8. The molecule has 1 aromatic heterocycles. The van der Waals surface area contributed by atoms with Crippen molar-refractivity contribution in [3.05, 3.63) is 65.5 Å². The highest BCUT2D eigenvalue weighted by atomic mass is 32.2. The maximum Gasteiger partial charge on any atom is 0.331 e. The van der Waals surface area contributed by atoms with Crippen molar-refractivity contribution in [3.63, 3.8) is 0 Å². The number of sulfonamides is 1. The number of fused-ring (bicyclic) bond motifs is 1. The molecule has 31 heavy (non-hydrogen) atoms. The van der Waals surface area contributed by atoms with Crippen LogP contribution in [0.4, 0.5) is 0 Å². The average Bonchev–Trinajstić information content (AvgIpc) is 3.32. The smallest absolute Gasteiger partial charge is 0.331 e. The van der Waals surface area contributed by atoms with Crippen LogP contribution in [0.15, 0.2) is 62.8 Å². The maximum atomic E-state index is 12.5. The fourth-order valence-electron chi connectivity index (χ4n) is 3.01. The zero-order valence-electron chi connectivity index (χ0n) is 17.1. The van der Waals surface area contributed by atoms with E-state index in [1.165, 1.54) is 13.0 Å². The minimum absolute atomic E-state index is 0.104. The normalized spacial score (nSPS) is 17.6. The topological polar surface area (TPSA) is 124 Å². The summed E-state index contributed by atoms with van der Waals surface area (Å²) in [6, 6.07) is 13.1. The summed E-state index contributed by atoms with van der Waals surface area (Å²) in [7, 11) is -3.68. The Bertz CT molecular complexity index is 1260. The van der Waals surface area contributed by atoms with Gasteiger partial charge in [0.15, 0.2) is 6.10 Å². The van der Waals surface area contributed by atoms with E-state index in [1.54, 1.807) is 25.1 Å². The van der Waals surface area contributed by atoms with Gasteiger partial charge in [0, 0.05) is 11.1 Å². The zero-order chi connectivity index (χ0) is 22.2. The van der Waals surface area contributed by atoms with Gasteiger partial charge in [0.25, 0.3) is 15.9 Å². The number of aromatic nitrogens is 2. The Balaban J connectivity index is 1.46. The fourth-order valence-corrected chi connectivity index (χ4v) is 4.25. The van der Waals surface area contributed by atoms with Crippen LogP contribution >= 0.6 is 0 Å². The van der Waals surface area contributed by atoms with E-state index in [9.17, 15) is 13.2 Å². The number of rotatable bonds is 5. The molecule has 160 valence electrons. The highest BCUT2D eigenvalue weighted by Gasteiger charge is 2.31. The summed E-state index contributed by atoms with van der Waals surface area (Å²) >= 11 is 0. The van der Waals surface area contributed by atoms with Gasteiger partial charge in [-0.2, -0.15) is 0 Å². The van der Waals surface area contributed by atoms with Gasteiger partial charge in [0.05, 0.1) is 4.90 Å². The number of esters is 1. The molecule has 9 nitrogen and oxygen atoms in total. The van der Waals surface area contributed by atoms with Gasteiger partial charge in [-0.25, -0.2) is 13.2 Å². The summed E-state index contributed by atoms with van der Waals surface area (Å²) in [5, 5.41) is 7.96. The second-order valence-corrected chi connectivity index (χ2v) is 8.80. The molecule has 0 spiro atoms. The van der Waals surface area contributed by atoms with Crippen molar-refractivity contribution in [1.29, 1.82) is 0 Å². The Morgan fingerprint density at radius 3 is 2.55 bits per heavy atom. The predicted molar refractivity (Wildman–Crippen MR) is 112 cm³/mol. The van der Waals surface area contributed by atoms with Gasteiger partial charge in [-0.15, -0.1) is 10.2 Å². The molecule has 2 heterocycles. The van der Waals surface area contributed by atoms with E-state index in [2.05, 4.69) is 19.9 Å². The van der Waals surface area contributed by atoms with E-state index in [4.69, 9.17) is 9.15 Å². The van der Waals surface area contributed by atoms with E-state index in [0.29, 0.717) is 11.5 Å². The van der Waals surface area contributed by atoms with Gasteiger partial charge in [-0.05, 0) is 45.0 Å². The number of carbonyl (C=O) groups is 1. The van der Waals surface area contributed by atoms with Crippen LogP contribution in [0.5, 0.6) is 0 Å². The monoisotopic (exact) mass is 440 g/mol. The van der Waals surface area contributed by atoms with Gasteiger partial charge in [-0.3, -0.25) is 9.71 Å². The van der Waals surface area contributed by atoms with Gasteiger partial charge in [0.1, 0.15) is 11.9 Å². The lowest BCUT2D eigenvalue weighted by Gasteiger charge is -2.12. The lowest BCUT2D eigenvalue weighted by Crippen LogP contribution is -2.27. The van der Waals surface area contributed by atoms with Crippen LogP contribution in [0.25, 0.3) is 11.5 Å². The van der Waals surface area contributed by atoms with E-state index >= 15 is 0 Å². The summed E-state index contributed by atoms with van der Waals surface area (Å²) in [6.45, 7) is 5.10. The zero-order valence-corrected chi connectivity index (χ0v) is 17.9. The van der Waals surface area contributed by atoms with Crippen molar-refractivity contribution < 1.29 is 22.4 Å². The van der Waals surface area contributed by atoms with Crippen LogP contribution in [-0.4, -0.2) is 36.5 Å². The molecule has 0 bridgehead atoms. The number of nitrogens with zero attached hydrogens (tertiary/aromatic N) is 3. The van der Waals surface area contributed by atoms with Crippen LogP contribution in [0.3, 0.4) is 0 Å². The highest BCUT2D eigenvalue weighted by molar-refractivity contribution is 7.90. The lowest BCUT2D eigenvalue weighted by molar-refractivity contribution is -0.150. The van der Waals surface area contributed by atoms with Crippen molar-refractivity contribution in [2.45, 2.75) is 37.8 Å². The number of benzene rings is 2. The SMILES string of the molecule is Cc1ccc(-c2nnc(C(C)OC(=O)[C@H](C)N=C3NS(=O)(=O)c4ccccc43)o2)cc1. The molecular weight excluding hydrogens is 420 g/mol. The second kappa shape index (κ2) is 7.95. The number of nitrogens with one attached hydrogen (secondary N) is 1. The summed E-state index contributed by atoms with van der Waals surface area (Å²) in [5.74, 6) is -0.0790. The Morgan fingerprint density at radius 2 is 1.81 bits per heavy atom. The van der Waals surface area contributed by atoms with Crippen molar-refractivity contribution >= 4 is 21.8 Å². The van der Waals surface area contributed by atoms with E-state index in [0.717, 1.165) is 11.1 Å².